The number of hydrogen-bond donors (Lipinski definition) is 1. The van der Waals surface area contributed by atoms with E-state index in [1.54, 1.807) is 13.2 Å². The van der Waals surface area contributed by atoms with Gasteiger partial charge in [0.1, 0.15) is 11.5 Å². The van der Waals surface area contributed by atoms with Crippen LogP contribution in [0.3, 0.4) is 0 Å². The molecule has 1 amide bonds. The Hall–Kier alpha value is -2.53. The number of nitrogens with zero attached hydrogens (tertiary/aromatic N) is 1. The van der Waals surface area contributed by atoms with Crippen LogP contribution in [0.5, 0.6) is 11.5 Å². The highest BCUT2D eigenvalue weighted by Gasteiger charge is 2.05. The van der Waals surface area contributed by atoms with Crippen molar-refractivity contribution in [3.8, 4) is 11.5 Å². The van der Waals surface area contributed by atoms with Crippen LogP contribution in [-0.4, -0.2) is 25.3 Å². The fourth-order valence-electron chi connectivity index (χ4n) is 2.51. The number of nitrogens with one attached hydrogen (secondary N) is 1. The molecule has 0 aliphatic heterocycles. The summed E-state index contributed by atoms with van der Waals surface area (Å²) in [5.41, 5.74) is 5.38. The Morgan fingerprint density at radius 3 is 2.56 bits per heavy atom. The molecule has 0 unspecified atom stereocenters. The third-order valence-electron chi connectivity index (χ3n) is 4.02. The van der Waals surface area contributed by atoms with Crippen LogP contribution in [0.1, 0.15) is 37.3 Å². The summed E-state index contributed by atoms with van der Waals surface area (Å²) >= 11 is 5.92. The van der Waals surface area contributed by atoms with E-state index < -0.39 is 0 Å². The summed E-state index contributed by atoms with van der Waals surface area (Å²) < 4.78 is 10.8. The number of halogens is 1. The number of aryl methyl sites for hydroxylation is 1. The lowest BCUT2D eigenvalue weighted by Crippen LogP contribution is -2.20. The van der Waals surface area contributed by atoms with Crippen molar-refractivity contribution in [2.45, 2.75) is 33.1 Å². The first-order chi connectivity index (χ1) is 13.0. The van der Waals surface area contributed by atoms with E-state index in [2.05, 4.69) is 10.5 Å². The van der Waals surface area contributed by atoms with Crippen LogP contribution in [0, 0.1) is 6.92 Å². The van der Waals surface area contributed by atoms with Gasteiger partial charge in [0.05, 0.1) is 19.4 Å². The van der Waals surface area contributed by atoms with Gasteiger partial charge in [-0.25, -0.2) is 5.43 Å². The van der Waals surface area contributed by atoms with Crippen molar-refractivity contribution in [1.82, 2.24) is 5.43 Å². The minimum Gasteiger partial charge on any atom is -0.497 e. The van der Waals surface area contributed by atoms with Crippen LogP contribution in [0.2, 0.25) is 5.02 Å². The molecule has 144 valence electrons. The summed E-state index contributed by atoms with van der Waals surface area (Å²) in [6.07, 6.45) is 1.66. The molecule has 2 aromatic carbocycles. The minimum absolute atomic E-state index is 0.133. The fourth-order valence-corrected chi connectivity index (χ4v) is 2.73. The van der Waals surface area contributed by atoms with Crippen LogP contribution < -0.4 is 14.9 Å². The maximum absolute atomic E-state index is 12.0. The van der Waals surface area contributed by atoms with Crippen molar-refractivity contribution < 1.29 is 14.3 Å². The molecular weight excluding hydrogens is 364 g/mol. The van der Waals surface area contributed by atoms with E-state index in [0.29, 0.717) is 30.9 Å². The monoisotopic (exact) mass is 388 g/mol. The summed E-state index contributed by atoms with van der Waals surface area (Å²) in [5.74, 6) is 1.44. The van der Waals surface area contributed by atoms with E-state index >= 15 is 0 Å². The number of carbonyl (C=O) groups excluding carboxylic acids is 1. The van der Waals surface area contributed by atoms with Crippen LogP contribution in [0.15, 0.2) is 47.6 Å². The lowest BCUT2D eigenvalue weighted by molar-refractivity contribution is -0.121. The van der Waals surface area contributed by atoms with Gasteiger partial charge in [-0.15, -0.1) is 0 Å². The second-order valence-electron chi connectivity index (χ2n) is 6.04. The predicted molar refractivity (Wildman–Crippen MR) is 109 cm³/mol. The third kappa shape index (κ3) is 6.61. The fraction of sp³-hybridized carbons (Fsp3) is 0.333. The Balaban J connectivity index is 1.79. The zero-order valence-electron chi connectivity index (χ0n) is 15.9. The van der Waals surface area contributed by atoms with Crippen molar-refractivity contribution >= 4 is 23.2 Å². The zero-order valence-corrected chi connectivity index (χ0v) is 16.7. The van der Waals surface area contributed by atoms with E-state index in [1.807, 2.05) is 50.2 Å². The highest BCUT2D eigenvalue weighted by atomic mass is 35.5. The smallest absolute Gasteiger partial charge is 0.240 e. The quantitative estimate of drug-likeness (QED) is 0.383. The Labute approximate surface area is 165 Å². The average molecular weight is 389 g/mol. The maximum Gasteiger partial charge on any atom is 0.240 e. The molecule has 5 nitrogen and oxygen atoms in total. The number of carbonyl (C=O) groups is 1. The molecule has 0 radical (unpaired) electrons. The Bertz CT molecular complexity index is 789. The summed E-state index contributed by atoms with van der Waals surface area (Å²) in [4.78, 5) is 12.0. The number of methoxy groups -OCH3 is 1. The summed E-state index contributed by atoms with van der Waals surface area (Å²) in [6.45, 7) is 4.39. The molecule has 0 spiro atoms. The topological polar surface area (TPSA) is 59.9 Å². The van der Waals surface area contributed by atoms with Gasteiger partial charge in [-0.05, 0) is 73.4 Å². The lowest BCUT2D eigenvalue weighted by Gasteiger charge is -2.09. The lowest BCUT2D eigenvalue weighted by atomic mass is 10.1. The molecule has 27 heavy (non-hydrogen) atoms. The summed E-state index contributed by atoms with van der Waals surface area (Å²) in [6, 6.07) is 13.1. The number of benzene rings is 2. The van der Waals surface area contributed by atoms with E-state index in [-0.39, 0.29) is 5.91 Å². The second-order valence-corrected chi connectivity index (χ2v) is 6.47. The Kier molecular flexibility index (Phi) is 8.14. The van der Waals surface area contributed by atoms with E-state index in [4.69, 9.17) is 21.1 Å². The van der Waals surface area contributed by atoms with Crippen LogP contribution in [0.25, 0.3) is 0 Å². The van der Waals surface area contributed by atoms with Crippen molar-refractivity contribution in [3.63, 3.8) is 0 Å². The van der Waals surface area contributed by atoms with Crippen molar-refractivity contribution in [2.75, 3.05) is 13.7 Å². The SMILES string of the molecule is CCC(=NNC(=O)CCCOc1ccc(Cl)cc1C)c1ccc(OC)cc1. The number of amides is 1. The summed E-state index contributed by atoms with van der Waals surface area (Å²) in [5, 5.41) is 4.93. The normalized spacial score (nSPS) is 11.2. The number of hydrazone groups is 1. The molecule has 0 bridgehead atoms. The highest BCUT2D eigenvalue weighted by Crippen LogP contribution is 2.21. The van der Waals surface area contributed by atoms with Crippen molar-refractivity contribution in [3.05, 3.63) is 58.6 Å². The molecule has 0 aromatic heterocycles. The van der Waals surface area contributed by atoms with E-state index in [1.165, 1.54) is 0 Å². The molecule has 0 fully saturated rings. The molecule has 0 saturated carbocycles. The maximum atomic E-state index is 12.0. The molecule has 0 heterocycles. The average Bonchev–Trinajstić information content (AvgIpc) is 2.67. The number of rotatable bonds is 9. The molecule has 2 aromatic rings. The van der Waals surface area contributed by atoms with E-state index in [0.717, 1.165) is 28.3 Å². The largest absolute Gasteiger partial charge is 0.497 e. The van der Waals surface area contributed by atoms with Gasteiger partial charge in [0.25, 0.3) is 0 Å². The van der Waals surface area contributed by atoms with Gasteiger partial charge in [0, 0.05) is 11.4 Å². The second kappa shape index (κ2) is 10.6. The Morgan fingerprint density at radius 2 is 1.93 bits per heavy atom. The van der Waals surface area contributed by atoms with Gasteiger partial charge in [-0.3, -0.25) is 4.79 Å². The number of hydrogen-bond acceptors (Lipinski definition) is 4. The van der Waals surface area contributed by atoms with Gasteiger partial charge in [-0.1, -0.05) is 18.5 Å². The summed E-state index contributed by atoms with van der Waals surface area (Å²) in [7, 11) is 1.63. The van der Waals surface area contributed by atoms with Crippen LogP contribution in [-0.2, 0) is 4.79 Å². The first kappa shape index (κ1) is 20.8. The molecule has 0 saturated heterocycles. The van der Waals surface area contributed by atoms with Crippen molar-refractivity contribution in [1.29, 1.82) is 0 Å². The van der Waals surface area contributed by atoms with Gasteiger partial charge in [0.15, 0.2) is 0 Å². The van der Waals surface area contributed by atoms with Crippen LogP contribution >= 0.6 is 11.6 Å². The van der Waals surface area contributed by atoms with Crippen molar-refractivity contribution in [2.24, 2.45) is 5.10 Å². The van der Waals surface area contributed by atoms with E-state index in [9.17, 15) is 4.79 Å². The first-order valence-electron chi connectivity index (χ1n) is 8.92. The van der Waals surface area contributed by atoms with Gasteiger partial charge < -0.3 is 9.47 Å². The molecule has 0 atom stereocenters. The van der Waals surface area contributed by atoms with Gasteiger partial charge in [-0.2, -0.15) is 5.10 Å². The predicted octanol–water partition coefficient (Wildman–Crippen LogP) is 4.75. The molecule has 0 aliphatic carbocycles. The van der Waals surface area contributed by atoms with Crippen LogP contribution in [0.4, 0.5) is 0 Å². The molecule has 1 N–H and O–H groups in total. The third-order valence-corrected chi connectivity index (χ3v) is 4.25. The highest BCUT2D eigenvalue weighted by molar-refractivity contribution is 6.30. The standard InChI is InChI=1S/C21H25ClN2O3/c1-4-19(16-7-10-18(26-3)11-8-16)23-24-21(25)6-5-13-27-20-12-9-17(22)14-15(20)2/h7-12,14H,4-6,13H2,1-3H3,(H,24,25). The molecule has 0 aliphatic rings. The first-order valence-corrected chi connectivity index (χ1v) is 9.30. The van der Waals surface area contributed by atoms with Gasteiger partial charge >= 0.3 is 0 Å². The molecule has 6 heteroatoms. The van der Waals surface area contributed by atoms with Gasteiger partial charge in [0.2, 0.25) is 5.91 Å². The zero-order chi connectivity index (χ0) is 19.6. The Morgan fingerprint density at radius 1 is 1.19 bits per heavy atom. The minimum atomic E-state index is -0.133. The number of ether oxygens (including phenoxy) is 2. The molecule has 2 rings (SSSR count). The molecular formula is C21H25ClN2O3.